The summed E-state index contributed by atoms with van der Waals surface area (Å²) >= 11 is 4.59. The monoisotopic (exact) mass is 371 g/mol. The van der Waals surface area contributed by atoms with Gasteiger partial charge in [-0.2, -0.15) is 8.75 Å². The number of aromatic nitrogens is 3. The molecule has 7 nitrogen and oxygen atoms in total. The van der Waals surface area contributed by atoms with Gasteiger partial charge in [0.25, 0.3) is 0 Å². The van der Waals surface area contributed by atoms with E-state index in [1.165, 1.54) is 11.7 Å². The lowest BCUT2D eigenvalue weighted by Gasteiger charge is -2.39. The number of pyridine rings is 1. The molecule has 2 aromatic rings. The average molecular weight is 372 g/mol. The normalized spacial score (nSPS) is 17.9. The van der Waals surface area contributed by atoms with Gasteiger partial charge in [0.1, 0.15) is 11.0 Å². The van der Waals surface area contributed by atoms with Crippen LogP contribution in [0.5, 0.6) is 0 Å². The first-order valence-corrected chi connectivity index (χ1v) is 8.04. The van der Waals surface area contributed by atoms with E-state index in [4.69, 9.17) is 5.11 Å². The Bertz CT molecular complexity index is 683. The van der Waals surface area contributed by atoms with Gasteiger partial charge in [-0.15, -0.1) is 0 Å². The third-order valence-electron chi connectivity index (χ3n) is 3.80. The molecule has 2 aromatic heterocycles. The Kier molecular flexibility index (Phi) is 3.70. The molecule has 0 saturated carbocycles. The Balaban J connectivity index is 1.82. The number of carbonyl (C=O) groups is 1. The minimum Gasteiger partial charge on any atom is -0.465 e. The summed E-state index contributed by atoms with van der Waals surface area (Å²) in [4.78, 5) is 17.4. The number of rotatable bonds is 2. The Morgan fingerprint density at radius 1 is 1.43 bits per heavy atom. The number of carboxylic acid groups (broad SMARTS) is 1. The summed E-state index contributed by atoms with van der Waals surface area (Å²) in [6.45, 7) is 3.41. The fraction of sp³-hybridized carbons (Fsp3) is 0.500. The molecule has 0 spiro atoms. The third kappa shape index (κ3) is 2.80. The molecule has 1 saturated heterocycles. The van der Waals surface area contributed by atoms with Crippen molar-refractivity contribution in [1.82, 2.24) is 19.0 Å². The number of amides is 1. The van der Waals surface area contributed by atoms with Crippen LogP contribution in [-0.4, -0.2) is 43.6 Å². The molecule has 0 bridgehead atoms. The number of piperidine rings is 1. The van der Waals surface area contributed by atoms with Crippen molar-refractivity contribution in [1.29, 1.82) is 0 Å². The number of fused-ring (bicyclic) bond motifs is 1. The zero-order valence-corrected chi connectivity index (χ0v) is 13.7. The van der Waals surface area contributed by atoms with Gasteiger partial charge in [0.05, 0.1) is 16.2 Å². The molecule has 9 heteroatoms. The molecule has 0 radical (unpaired) electrons. The molecule has 3 rings (SSSR count). The zero-order valence-electron chi connectivity index (χ0n) is 11.3. The van der Waals surface area contributed by atoms with E-state index in [0.717, 1.165) is 47.3 Å². The second-order valence-corrected chi connectivity index (χ2v) is 6.75. The molecule has 1 fully saturated rings. The van der Waals surface area contributed by atoms with Crippen LogP contribution in [0.3, 0.4) is 0 Å². The van der Waals surface area contributed by atoms with Gasteiger partial charge in [-0.05, 0) is 35.7 Å². The molecule has 21 heavy (non-hydrogen) atoms. The van der Waals surface area contributed by atoms with E-state index in [1.54, 1.807) is 6.20 Å². The summed E-state index contributed by atoms with van der Waals surface area (Å²) in [5.41, 5.74) is 1.24. The molecule has 2 N–H and O–H groups in total. The maximum atomic E-state index is 10.8. The average Bonchev–Trinajstić information content (AvgIpc) is 2.90. The van der Waals surface area contributed by atoms with Crippen LogP contribution in [-0.2, 0) is 0 Å². The van der Waals surface area contributed by atoms with Gasteiger partial charge in [0, 0.05) is 24.8 Å². The quantitative estimate of drug-likeness (QED) is 0.842. The second-order valence-electron chi connectivity index (χ2n) is 5.37. The lowest BCUT2D eigenvalue weighted by Crippen LogP contribution is -2.53. The van der Waals surface area contributed by atoms with Crippen LogP contribution in [0.25, 0.3) is 11.0 Å². The molecule has 0 atom stereocenters. The second kappa shape index (κ2) is 5.38. The van der Waals surface area contributed by atoms with E-state index in [0.29, 0.717) is 0 Å². The van der Waals surface area contributed by atoms with E-state index < -0.39 is 6.09 Å². The van der Waals surface area contributed by atoms with Crippen LogP contribution < -0.4 is 10.2 Å². The SMILES string of the molecule is CC1(NC(=O)O)CCN(c2ncc(Br)c3nsnc23)CC1. The predicted octanol–water partition coefficient (Wildman–Crippen LogP) is 2.48. The van der Waals surface area contributed by atoms with Gasteiger partial charge in [-0.1, -0.05) is 0 Å². The highest BCUT2D eigenvalue weighted by Crippen LogP contribution is 2.31. The number of hydrogen-bond acceptors (Lipinski definition) is 6. The minimum absolute atomic E-state index is 0.378. The lowest BCUT2D eigenvalue weighted by molar-refractivity contribution is 0.173. The first-order chi connectivity index (χ1) is 9.98. The number of nitrogens with zero attached hydrogens (tertiary/aromatic N) is 4. The molecule has 1 amide bonds. The molecule has 1 aliphatic rings. The van der Waals surface area contributed by atoms with Crippen LogP contribution in [0.2, 0.25) is 0 Å². The van der Waals surface area contributed by atoms with Crippen molar-refractivity contribution in [2.75, 3.05) is 18.0 Å². The third-order valence-corrected chi connectivity index (χ3v) is 4.91. The van der Waals surface area contributed by atoms with Crippen molar-refractivity contribution in [3.8, 4) is 0 Å². The Morgan fingerprint density at radius 2 is 2.10 bits per heavy atom. The fourth-order valence-electron chi connectivity index (χ4n) is 2.56. The standard InChI is InChI=1S/C12H14BrN5O2S/c1-12(15-11(19)20)2-4-18(5-3-12)10-9-8(16-21-17-9)7(13)6-14-10/h6,15H,2-5H2,1H3,(H,19,20). The van der Waals surface area contributed by atoms with E-state index in [1.807, 2.05) is 6.92 Å². The van der Waals surface area contributed by atoms with Crippen molar-refractivity contribution in [2.45, 2.75) is 25.3 Å². The highest BCUT2D eigenvalue weighted by Gasteiger charge is 2.32. The first kappa shape index (κ1) is 14.5. The summed E-state index contributed by atoms with van der Waals surface area (Å²) in [5.74, 6) is 0.819. The maximum Gasteiger partial charge on any atom is 0.405 e. The number of nitrogens with one attached hydrogen (secondary N) is 1. The Hall–Kier alpha value is -1.48. The molecular formula is C12H14BrN5O2S. The van der Waals surface area contributed by atoms with Crippen LogP contribution in [0, 0.1) is 0 Å². The highest BCUT2D eigenvalue weighted by atomic mass is 79.9. The molecular weight excluding hydrogens is 358 g/mol. The highest BCUT2D eigenvalue weighted by molar-refractivity contribution is 9.10. The largest absolute Gasteiger partial charge is 0.465 e. The number of halogens is 1. The Labute approximate surface area is 133 Å². The topological polar surface area (TPSA) is 91.2 Å². The summed E-state index contributed by atoms with van der Waals surface area (Å²) in [5, 5.41) is 11.5. The van der Waals surface area contributed by atoms with Gasteiger partial charge in [0.2, 0.25) is 0 Å². The van der Waals surface area contributed by atoms with Gasteiger partial charge >= 0.3 is 6.09 Å². The van der Waals surface area contributed by atoms with Gasteiger partial charge in [0.15, 0.2) is 5.82 Å². The molecule has 0 aromatic carbocycles. The van der Waals surface area contributed by atoms with E-state index in [9.17, 15) is 4.79 Å². The zero-order chi connectivity index (χ0) is 15.0. The summed E-state index contributed by atoms with van der Waals surface area (Å²) in [6.07, 6.45) is 2.23. The van der Waals surface area contributed by atoms with Crippen molar-refractivity contribution in [3.05, 3.63) is 10.7 Å². The van der Waals surface area contributed by atoms with Crippen molar-refractivity contribution >= 4 is 50.6 Å². The molecule has 0 aliphatic carbocycles. The van der Waals surface area contributed by atoms with Crippen LogP contribution in [0.1, 0.15) is 19.8 Å². The van der Waals surface area contributed by atoms with Crippen molar-refractivity contribution in [2.24, 2.45) is 0 Å². The van der Waals surface area contributed by atoms with Crippen LogP contribution in [0.4, 0.5) is 10.6 Å². The van der Waals surface area contributed by atoms with E-state index in [-0.39, 0.29) is 5.54 Å². The lowest BCUT2D eigenvalue weighted by atomic mass is 9.90. The molecule has 112 valence electrons. The first-order valence-electron chi connectivity index (χ1n) is 6.51. The van der Waals surface area contributed by atoms with E-state index >= 15 is 0 Å². The smallest absolute Gasteiger partial charge is 0.405 e. The van der Waals surface area contributed by atoms with Crippen LogP contribution >= 0.6 is 27.7 Å². The maximum absolute atomic E-state index is 10.8. The predicted molar refractivity (Wildman–Crippen MR) is 83.9 cm³/mol. The summed E-state index contributed by atoms with van der Waals surface area (Å²) in [6, 6.07) is 0. The number of hydrogen-bond donors (Lipinski definition) is 2. The summed E-state index contributed by atoms with van der Waals surface area (Å²) < 4.78 is 9.43. The van der Waals surface area contributed by atoms with Gasteiger partial charge < -0.3 is 15.3 Å². The Morgan fingerprint density at radius 3 is 2.76 bits per heavy atom. The molecule has 3 heterocycles. The molecule has 0 unspecified atom stereocenters. The summed E-state index contributed by atoms with van der Waals surface area (Å²) in [7, 11) is 0. The fourth-order valence-corrected chi connectivity index (χ4v) is 3.61. The number of anilines is 1. The van der Waals surface area contributed by atoms with Gasteiger partial charge in [-0.25, -0.2) is 9.78 Å². The van der Waals surface area contributed by atoms with E-state index in [2.05, 4.69) is 39.9 Å². The van der Waals surface area contributed by atoms with Crippen molar-refractivity contribution < 1.29 is 9.90 Å². The van der Waals surface area contributed by atoms with Crippen LogP contribution in [0.15, 0.2) is 10.7 Å². The van der Waals surface area contributed by atoms with Crippen molar-refractivity contribution in [3.63, 3.8) is 0 Å². The minimum atomic E-state index is -0.973. The molecule has 1 aliphatic heterocycles. The van der Waals surface area contributed by atoms with Gasteiger partial charge in [-0.3, -0.25) is 0 Å².